The Bertz CT molecular complexity index is 719. The zero-order valence-corrected chi connectivity index (χ0v) is 14.8. The van der Waals surface area contributed by atoms with Crippen LogP contribution in [0.4, 0.5) is 0 Å². The van der Waals surface area contributed by atoms with E-state index in [4.69, 9.17) is 9.47 Å². The summed E-state index contributed by atoms with van der Waals surface area (Å²) in [4.78, 5) is 4.46. The lowest BCUT2D eigenvalue weighted by atomic mass is 9.97. The number of nitrogens with one attached hydrogen (secondary N) is 1. The van der Waals surface area contributed by atoms with Crippen LogP contribution >= 0.6 is 0 Å². The zero-order valence-electron chi connectivity index (χ0n) is 14.8. The average Bonchev–Trinajstić information content (AvgIpc) is 2.66. The molecule has 2 N–H and O–H groups in total. The van der Waals surface area contributed by atoms with Gasteiger partial charge in [-0.05, 0) is 24.1 Å². The molecule has 0 bridgehead atoms. The molecule has 0 spiro atoms. The Morgan fingerprint density at radius 2 is 2.24 bits per heavy atom. The molecule has 3 rings (SSSR count). The lowest BCUT2D eigenvalue weighted by Crippen LogP contribution is -2.54. The molecule has 0 radical (unpaired) electrons. The highest BCUT2D eigenvalue weighted by molar-refractivity contribution is 5.80. The first-order valence-electron chi connectivity index (χ1n) is 8.82. The molecule has 1 aliphatic heterocycles. The van der Waals surface area contributed by atoms with Gasteiger partial charge in [0.1, 0.15) is 0 Å². The Kier molecular flexibility index (Phi) is 6.15. The van der Waals surface area contributed by atoms with Crippen molar-refractivity contribution in [1.29, 1.82) is 0 Å². The number of hydrogen-bond acceptors (Lipinski definition) is 5. The van der Waals surface area contributed by atoms with E-state index in [-0.39, 0.29) is 18.4 Å². The molecule has 1 aromatic carbocycles. The number of fused-ring (bicyclic) bond motifs is 1. The van der Waals surface area contributed by atoms with E-state index >= 15 is 0 Å². The minimum atomic E-state index is -0.521. The third kappa shape index (κ3) is 4.44. The molecule has 1 aromatic heterocycles. The Hall–Kier alpha value is -1.79. The largest absolute Gasteiger partial charge is 0.389 e. The van der Waals surface area contributed by atoms with Gasteiger partial charge in [0.25, 0.3) is 0 Å². The highest BCUT2D eigenvalue weighted by Gasteiger charge is 2.36. The number of pyridine rings is 1. The lowest BCUT2D eigenvalue weighted by Gasteiger charge is -2.38. The number of methoxy groups -OCH3 is 1. The van der Waals surface area contributed by atoms with Gasteiger partial charge in [0.2, 0.25) is 0 Å². The van der Waals surface area contributed by atoms with Crippen molar-refractivity contribution in [3.8, 4) is 0 Å². The van der Waals surface area contributed by atoms with Crippen molar-refractivity contribution in [2.75, 3.05) is 13.7 Å². The van der Waals surface area contributed by atoms with Gasteiger partial charge in [-0.1, -0.05) is 37.3 Å². The van der Waals surface area contributed by atoms with Crippen LogP contribution in [0.1, 0.15) is 25.3 Å². The summed E-state index contributed by atoms with van der Waals surface area (Å²) in [5.41, 5.74) is 2.06. The first-order chi connectivity index (χ1) is 12.2. The van der Waals surface area contributed by atoms with Gasteiger partial charge in [-0.2, -0.15) is 0 Å². The molecule has 134 valence electrons. The van der Waals surface area contributed by atoms with E-state index in [1.54, 1.807) is 7.11 Å². The minimum Gasteiger partial charge on any atom is -0.389 e. The normalized spacial score (nSPS) is 27.2. The van der Waals surface area contributed by atoms with Crippen molar-refractivity contribution >= 4 is 17.0 Å². The summed E-state index contributed by atoms with van der Waals surface area (Å²) >= 11 is 0. The van der Waals surface area contributed by atoms with Gasteiger partial charge in [0.15, 0.2) is 6.29 Å². The number of para-hydroxylation sites is 1. The fraction of sp³-hybridized carbons (Fsp3) is 0.450. The fourth-order valence-electron chi connectivity index (χ4n) is 3.22. The monoisotopic (exact) mass is 342 g/mol. The number of aliphatic hydroxyl groups is 1. The van der Waals surface area contributed by atoms with Gasteiger partial charge < -0.3 is 19.9 Å². The Morgan fingerprint density at radius 1 is 1.40 bits per heavy atom. The van der Waals surface area contributed by atoms with Crippen molar-refractivity contribution in [3.63, 3.8) is 0 Å². The van der Waals surface area contributed by atoms with Crippen molar-refractivity contribution < 1.29 is 14.6 Å². The highest BCUT2D eigenvalue weighted by atomic mass is 16.7. The maximum absolute atomic E-state index is 10.4. The molecule has 0 aliphatic carbocycles. The van der Waals surface area contributed by atoms with Crippen LogP contribution in [0, 0.1) is 0 Å². The van der Waals surface area contributed by atoms with E-state index in [1.165, 1.54) is 0 Å². The van der Waals surface area contributed by atoms with Gasteiger partial charge in [-0.15, -0.1) is 0 Å². The van der Waals surface area contributed by atoms with E-state index in [2.05, 4.69) is 28.5 Å². The molecule has 5 heteroatoms. The van der Waals surface area contributed by atoms with Crippen molar-refractivity contribution in [2.24, 2.45) is 0 Å². The number of hydrogen-bond donors (Lipinski definition) is 2. The number of aromatic nitrogens is 1. The van der Waals surface area contributed by atoms with E-state index in [9.17, 15) is 5.11 Å². The Labute approximate surface area is 148 Å². The second kappa shape index (κ2) is 8.54. The predicted molar refractivity (Wildman–Crippen MR) is 99.2 cm³/mol. The molecule has 0 unspecified atom stereocenters. The van der Waals surface area contributed by atoms with Gasteiger partial charge >= 0.3 is 0 Å². The van der Waals surface area contributed by atoms with Gasteiger partial charge in [-0.25, -0.2) is 0 Å². The smallest absolute Gasteiger partial charge is 0.159 e. The fourth-order valence-corrected chi connectivity index (χ4v) is 3.22. The summed E-state index contributed by atoms with van der Waals surface area (Å²) < 4.78 is 11.0. The first-order valence-corrected chi connectivity index (χ1v) is 8.82. The van der Waals surface area contributed by atoms with Crippen LogP contribution in [0.5, 0.6) is 0 Å². The summed E-state index contributed by atoms with van der Waals surface area (Å²) in [5, 5.41) is 14.9. The van der Waals surface area contributed by atoms with Crippen LogP contribution < -0.4 is 5.32 Å². The molecule has 1 aliphatic rings. The van der Waals surface area contributed by atoms with Crippen LogP contribution in [0.25, 0.3) is 17.0 Å². The second-order valence-corrected chi connectivity index (χ2v) is 6.35. The van der Waals surface area contributed by atoms with Gasteiger partial charge in [0.05, 0.1) is 17.7 Å². The molecule has 1 saturated heterocycles. The van der Waals surface area contributed by atoms with Crippen LogP contribution in [0.3, 0.4) is 0 Å². The molecular weight excluding hydrogens is 316 g/mol. The summed E-state index contributed by atoms with van der Waals surface area (Å²) in [5.74, 6) is 0. The Morgan fingerprint density at radius 3 is 3.04 bits per heavy atom. The summed E-state index contributed by atoms with van der Waals surface area (Å²) in [6.45, 7) is 2.68. The van der Waals surface area contributed by atoms with Gasteiger partial charge in [0, 0.05) is 37.7 Å². The molecule has 1 fully saturated rings. The Balaban J connectivity index is 1.57. The molecule has 4 atom stereocenters. The third-order valence-corrected chi connectivity index (χ3v) is 4.65. The van der Waals surface area contributed by atoms with Gasteiger partial charge in [-0.3, -0.25) is 4.98 Å². The van der Waals surface area contributed by atoms with Crippen LogP contribution in [0.15, 0.2) is 42.6 Å². The summed E-state index contributed by atoms with van der Waals surface area (Å²) in [7, 11) is 1.64. The molecule has 25 heavy (non-hydrogen) atoms. The number of benzene rings is 1. The van der Waals surface area contributed by atoms with E-state index < -0.39 is 6.10 Å². The van der Waals surface area contributed by atoms with Crippen molar-refractivity contribution in [3.05, 3.63) is 48.2 Å². The molecule has 2 aromatic rings. The molecule has 5 nitrogen and oxygen atoms in total. The standard InChI is InChI=1S/C20H26N2O3/c1-3-18-20(23)17(12-19(24-2)25-18)21-10-6-7-14-11-15-8-4-5-9-16(15)22-13-14/h4-9,11,13,17-21,23H,3,10,12H2,1-2H3/b7-6+/t17-,18+,19-,20-/m0/s1. The zero-order chi connectivity index (χ0) is 17.6. The average molecular weight is 342 g/mol. The van der Waals surface area contributed by atoms with Crippen LogP contribution in [-0.4, -0.2) is 48.3 Å². The minimum absolute atomic E-state index is 0.0389. The second-order valence-electron chi connectivity index (χ2n) is 6.35. The molecule has 2 heterocycles. The third-order valence-electron chi connectivity index (χ3n) is 4.65. The number of rotatable bonds is 6. The maximum atomic E-state index is 10.4. The molecule has 0 amide bonds. The van der Waals surface area contributed by atoms with Crippen molar-refractivity contribution in [1.82, 2.24) is 10.3 Å². The maximum Gasteiger partial charge on any atom is 0.159 e. The van der Waals surface area contributed by atoms with Crippen LogP contribution in [-0.2, 0) is 9.47 Å². The summed E-state index contributed by atoms with van der Waals surface area (Å²) in [6, 6.07) is 10.2. The number of ether oxygens (including phenoxy) is 2. The first kappa shape index (κ1) is 18.0. The predicted octanol–water partition coefficient (Wildman–Crippen LogP) is 2.74. The lowest BCUT2D eigenvalue weighted by molar-refractivity contribution is -0.220. The molecule has 0 saturated carbocycles. The van der Waals surface area contributed by atoms with Crippen molar-refractivity contribution in [2.45, 2.75) is 44.3 Å². The SMILES string of the molecule is CC[C@H]1O[C@H](OC)C[C@H](NC/C=C/c2cnc3ccccc3c2)[C@@H]1O. The topological polar surface area (TPSA) is 63.6 Å². The quantitative estimate of drug-likeness (QED) is 0.845. The number of nitrogens with zero attached hydrogens (tertiary/aromatic N) is 1. The van der Waals surface area contributed by atoms with E-state index in [1.807, 2.05) is 37.4 Å². The summed E-state index contributed by atoms with van der Waals surface area (Å²) in [6.07, 6.45) is 6.39. The molecular formula is C20H26N2O3. The van der Waals surface area contributed by atoms with E-state index in [0.29, 0.717) is 13.0 Å². The van der Waals surface area contributed by atoms with Crippen LogP contribution in [0.2, 0.25) is 0 Å². The highest BCUT2D eigenvalue weighted by Crippen LogP contribution is 2.22. The number of aliphatic hydroxyl groups excluding tert-OH is 1. The van der Waals surface area contributed by atoms with E-state index in [0.717, 1.165) is 22.9 Å².